The van der Waals surface area contributed by atoms with E-state index in [-0.39, 0.29) is 34.8 Å². The number of anilines is 2. The van der Waals surface area contributed by atoms with Crippen molar-refractivity contribution in [2.45, 2.75) is 43.4 Å². The number of ketones is 2. The third-order valence-electron chi connectivity index (χ3n) is 8.30. The number of benzene rings is 3. The zero-order chi connectivity index (χ0) is 30.2. The Morgan fingerprint density at radius 2 is 1.19 bits per heavy atom. The van der Waals surface area contributed by atoms with Crippen LogP contribution >= 0.6 is 11.8 Å². The average Bonchev–Trinajstić information content (AvgIpc) is 3.29. The maximum Gasteiger partial charge on any atom is 0.339 e. The van der Waals surface area contributed by atoms with Crippen molar-refractivity contribution in [2.24, 2.45) is 0 Å². The normalized spacial score (nSPS) is 18.2. The molecule has 0 aromatic heterocycles. The summed E-state index contributed by atoms with van der Waals surface area (Å²) in [6.45, 7) is 8.03. The number of rotatable bonds is 8. The fourth-order valence-corrected chi connectivity index (χ4v) is 6.89. The highest BCUT2D eigenvalue weighted by Crippen LogP contribution is 2.47. The Labute approximate surface area is 252 Å². The molecule has 0 atom stereocenters. The summed E-state index contributed by atoms with van der Waals surface area (Å²) in [6, 6.07) is 23.3. The van der Waals surface area contributed by atoms with Crippen LogP contribution in [0.5, 0.6) is 0 Å². The molecule has 2 heterocycles. The van der Waals surface area contributed by atoms with E-state index in [0.29, 0.717) is 10.5 Å². The molecule has 0 saturated carbocycles. The first-order chi connectivity index (χ1) is 19.9. The quantitative estimate of drug-likeness (QED) is 0.167. The number of fused-ring (bicyclic) bond motifs is 2. The zero-order valence-corrected chi connectivity index (χ0v) is 25.7. The van der Waals surface area contributed by atoms with E-state index in [9.17, 15) is 14.4 Å². The summed E-state index contributed by atoms with van der Waals surface area (Å²) in [5, 5.41) is 0. The summed E-state index contributed by atoms with van der Waals surface area (Å²) in [4.78, 5) is 43.7. The molecule has 0 fully saturated rings. The minimum atomic E-state index is -0.593. The molecule has 2 aliphatic rings. The van der Waals surface area contributed by atoms with Crippen molar-refractivity contribution < 1.29 is 19.1 Å². The molecule has 0 saturated heterocycles. The van der Waals surface area contributed by atoms with Gasteiger partial charge in [-0.05, 0) is 35.4 Å². The molecule has 3 aromatic carbocycles. The summed E-state index contributed by atoms with van der Waals surface area (Å²) in [6.07, 6.45) is 3.28. The minimum Gasteiger partial charge on any atom is -0.454 e. The number of carbonyl (C=O) groups is 3. The fraction of sp³-hybridized carbons (Fsp3) is 0.286. The Kier molecular flexibility index (Phi) is 7.90. The maximum atomic E-state index is 13.1. The van der Waals surface area contributed by atoms with Crippen LogP contribution in [-0.2, 0) is 25.2 Å². The van der Waals surface area contributed by atoms with E-state index < -0.39 is 5.97 Å². The summed E-state index contributed by atoms with van der Waals surface area (Å²) in [5.41, 5.74) is 5.98. The molecule has 0 aliphatic carbocycles. The van der Waals surface area contributed by atoms with Gasteiger partial charge in [0, 0.05) is 64.7 Å². The van der Waals surface area contributed by atoms with Crippen molar-refractivity contribution in [3.8, 4) is 0 Å². The molecule has 2 aliphatic heterocycles. The fourth-order valence-electron chi connectivity index (χ4n) is 6.03. The predicted molar refractivity (Wildman–Crippen MR) is 169 cm³/mol. The molecule has 216 valence electrons. The van der Waals surface area contributed by atoms with Crippen LogP contribution in [0.3, 0.4) is 0 Å². The largest absolute Gasteiger partial charge is 0.454 e. The van der Waals surface area contributed by atoms with Gasteiger partial charge in [0.2, 0.25) is 0 Å². The van der Waals surface area contributed by atoms with Gasteiger partial charge in [0.15, 0.2) is 18.2 Å². The Hall–Kier alpha value is -4.10. The standard InChI is InChI=1S/C35H36N2O4S/c1-34(2)26-14-8-10-16-28(26)36(5)31(34)19-23(38)21-41-33(40)25-13-7-12-18-30(25)42-22-24(39)20-32-35(3,4)27-15-9-11-17-29(27)37(32)6/h7-20H,21-22H2,1-6H3. The minimum absolute atomic E-state index is 0.0444. The van der Waals surface area contributed by atoms with Crippen LogP contribution in [0.4, 0.5) is 11.4 Å². The number of allylic oxidation sites excluding steroid dienone is 3. The van der Waals surface area contributed by atoms with Gasteiger partial charge in [0.25, 0.3) is 0 Å². The van der Waals surface area contributed by atoms with Crippen molar-refractivity contribution in [1.82, 2.24) is 0 Å². The highest BCUT2D eigenvalue weighted by molar-refractivity contribution is 8.00. The summed E-state index contributed by atoms with van der Waals surface area (Å²) >= 11 is 1.29. The van der Waals surface area contributed by atoms with Gasteiger partial charge in [-0.25, -0.2) is 4.79 Å². The van der Waals surface area contributed by atoms with Gasteiger partial charge in [-0.3, -0.25) is 9.59 Å². The first-order valence-electron chi connectivity index (χ1n) is 14.0. The van der Waals surface area contributed by atoms with E-state index >= 15 is 0 Å². The van der Waals surface area contributed by atoms with Gasteiger partial charge >= 0.3 is 5.97 Å². The predicted octanol–water partition coefficient (Wildman–Crippen LogP) is 6.70. The average molecular weight is 581 g/mol. The number of ether oxygens (including phenoxy) is 1. The van der Waals surface area contributed by atoms with Gasteiger partial charge in [0.05, 0.1) is 11.3 Å². The van der Waals surface area contributed by atoms with E-state index in [1.807, 2.05) is 55.4 Å². The lowest BCUT2D eigenvalue weighted by Crippen LogP contribution is -2.25. The van der Waals surface area contributed by atoms with Gasteiger partial charge in [-0.2, -0.15) is 0 Å². The molecule has 3 aromatic rings. The van der Waals surface area contributed by atoms with E-state index in [1.54, 1.807) is 30.4 Å². The molecular weight excluding hydrogens is 544 g/mol. The highest BCUT2D eigenvalue weighted by atomic mass is 32.2. The highest BCUT2D eigenvalue weighted by Gasteiger charge is 2.39. The number of thioether (sulfide) groups is 1. The van der Waals surface area contributed by atoms with E-state index in [0.717, 1.165) is 28.3 Å². The van der Waals surface area contributed by atoms with Crippen LogP contribution in [0.1, 0.15) is 49.2 Å². The molecule has 0 unspecified atom stereocenters. The first kappa shape index (κ1) is 29.4. The lowest BCUT2D eigenvalue weighted by molar-refractivity contribution is -0.117. The second-order valence-electron chi connectivity index (χ2n) is 11.8. The van der Waals surface area contributed by atoms with E-state index in [2.05, 4.69) is 50.8 Å². The summed E-state index contributed by atoms with van der Waals surface area (Å²) < 4.78 is 5.44. The van der Waals surface area contributed by atoms with E-state index in [1.165, 1.54) is 17.3 Å². The smallest absolute Gasteiger partial charge is 0.339 e. The lowest BCUT2D eigenvalue weighted by Gasteiger charge is -2.24. The van der Waals surface area contributed by atoms with Gasteiger partial charge < -0.3 is 14.5 Å². The topological polar surface area (TPSA) is 66.9 Å². The van der Waals surface area contributed by atoms with Crippen molar-refractivity contribution in [2.75, 3.05) is 36.3 Å². The molecule has 0 bridgehead atoms. The summed E-state index contributed by atoms with van der Waals surface area (Å²) in [7, 11) is 3.92. The molecule has 5 rings (SSSR count). The zero-order valence-electron chi connectivity index (χ0n) is 24.9. The number of para-hydroxylation sites is 2. The van der Waals surface area contributed by atoms with Gasteiger partial charge in [-0.15, -0.1) is 11.8 Å². The Morgan fingerprint density at radius 3 is 1.74 bits per heavy atom. The van der Waals surface area contributed by atoms with Crippen molar-refractivity contribution in [3.05, 3.63) is 113 Å². The van der Waals surface area contributed by atoms with Crippen LogP contribution in [0.15, 0.2) is 101 Å². The molecule has 6 nitrogen and oxygen atoms in total. The number of likely N-dealkylation sites (N-methyl/N-ethyl adjacent to an activating group) is 2. The number of nitrogens with zero attached hydrogens (tertiary/aromatic N) is 2. The molecule has 0 spiro atoms. The SMILES string of the molecule is CN1C(=CC(=O)COC(=O)c2ccccc2SCC(=O)C=C2N(C)c3ccccc3C2(C)C)C(C)(C)c2ccccc21. The molecule has 0 N–H and O–H groups in total. The van der Waals surface area contributed by atoms with Gasteiger partial charge in [0.1, 0.15) is 0 Å². The Balaban J connectivity index is 1.23. The number of hydrogen-bond donors (Lipinski definition) is 0. The third kappa shape index (κ3) is 5.29. The lowest BCUT2D eigenvalue weighted by atomic mass is 9.83. The van der Waals surface area contributed by atoms with Gasteiger partial charge in [-0.1, -0.05) is 76.2 Å². The van der Waals surface area contributed by atoms with Crippen molar-refractivity contribution >= 4 is 40.7 Å². The molecule has 42 heavy (non-hydrogen) atoms. The monoisotopic (exact) mass is 580 g/mol. The van der Waals surface area contributed by atoms with Crippen LogP contribution < -0.4 is 9.80 Å². The van der Waals surface area contributed by atoms with Crippen molar-refractivity contribution in [3.63, 3.8) is 0 Å². The van der Waals surface area contributed by atoms with Crippen LogP contribution in [0.25, 0.3) is 0 Å². The number of carbonyl (C=O) groups excluding carboxylic acids is 3. The number of esters is 1. The first-order valence-corrected chi connectivity index (χ1v) is 15.0. The van der Waals surface area contributed by atoms with Crippen LogP contribution in [-0.4, -0.2) is 44.0 Å². The Morgan fingerprint density at radius 1 is 0.714 bits per heavy atom. The molecule has 0 radical (unpaired) electrons. The van der Waals surface area contributed by atoms with Crippen LogP contribution in [0.2, 0.25) is 0 Å². The second-order valence-corrected chi connectivity index (χ2v) is 12.8. The summed E-state index contributed by atoms with van der Waals surface area (Å²) in [5.74, 6) is -0.759. The van der Waals surface area contributed by atoms with Crippen LogP contribution in [0, 0.1) is 0 Å². The van der Waals surface area contributed by atoms with Crippen molar-refractivity contribution in [1.29, 1.82) is 0 Å². The molecule has 0 amide bonds. The maximum absolute atomic E-state index is 13.1. The van der Waals surface area contributed by atoms with E-state index in [4.69, 9.17) is 4.74 Å². The molecule has 7 heteroatoms. The number of hydrogen-bond acceptors (Lipinski definition) is 7. The second kappa shape index (κ2) is 11.3. The third-order valence-corrected chi connectivity index (χ3v) is 9.39. The molecular formula is C35H36N2O4S. The Bertz CT molecular complexity index is 1640.